The molecule has 0 spiro atoms. The summed E-state index contributed by atoms with van der Waals surface area (Å²) in [5.74, 6) is 7.33. The molecule has 0 aromatic heterocycles. The summed E-state index contributed by atoms with van der Waals surface area (Å²) in [7, 11) is 0. The van der Waals surface area contributed by atoms with Gasteiger partial charge in [0.05, 0.1) is 0 Å². The van der Waals surface area contributed by atoms with Crippen LogP contribution < -0.4 is 0 Å². The van der Waals surface area contributed by atoms with Gasteiger partial charge in [-0.15, -0.1) is 0 Å². The fourth-order valence-electron chi connectivity index (χ4n) is 8.09. The van der Waals surface area contributed by atoms with E-state index in [1.54, 1.807) is 38.5 Å². The third-order valence-electron chi connectivity index (χ3n) is 9.43. The number of rotatable bonds is 3. The lowest BCUT2D eigenvalue weighted by atomic mass is 9.39. The molecule has 7 rings (SSSR count). The lowest BCUT2D eigenvalue weighted by Crippen LogP contribution is -2.58. The van der Waals surface area contributed by atoms with Crippen molar-refractivity contribution in [2.45, 2.75) is 76.4 Å². The second-order valence-corrected chi connectivity index (χ2v) is 11.1. The zero-order valence-electron chi connectivity index (χ0n) is 14.6. The monoisotopic (exact) mass is 328 g/mol. The summed E-state index contributed by atoms with van der Waals surface area (Å²) in [5.41, 5.74) is 4.56. The van der Waals surface area contributed by atoms with E-state index in [1.807, 2.05) is 11.1 Å². The van der Waals surface area contributed by atoms with Gasteiger partial charge in [-0.05, 0) is 111 Å². The van der Waals surface area contributed by atoms with Crippen molar-refractivity contribution in [3.05, 3.63) is 11.1 Å². The van der Waals surface area contributed by atoms with Gasteiger partial charge in [-0.2, -0.15) is 12.6 Å². The van der Waals surface area contributed by atoms with Gasteiger partial charge in [0.25, 0.3) is 0 Å². The highest BCUT2D eigenvalue weighted by Gasteiger charge is 2.61. The fraction of sp³-hybridized carbons (Fsp3) is 0.909. The minimum atomic E-state index is 0.706. The van der Waals surface area contributed by atoms with Crippen LogP contribution >= 0.6 is 12.6 Å². The van der Waals surface area contributed by atoms with Crippen molar-refractivity contribution in [2.24, 2.45) is 46.8 Å². The van der Waals surface area contributed by atoms with Crippen molar-refractivity contribution < 1.29 is 0 Å². The fourth-order valence-corrected chi connectivity index (χ4v) is 8.48. The average Bonchev–Trinajstić information content (AvgIpc) is 3.37. The van der Waals surface area contributed by atoms with Gasteiger partial charge in [0.1, 0.15) is 0 Å². The van der Waals surface area contributed by atoms with Crippen LogP contribution in [0, 0.1) is 46.8 Å². The second-order valence-electron chi connectivity index (χ2n) is 10.4. The Hall–Kier alpha value is 0.0900. The summed E-state index contributed by atoms with van der Waals surface area (Å²) in [6, 6.07) is 0. The Bertz CT molecular complexity index is 539. The van der Waals surface area contributed by atoms with Crippen LogP contribution in [0.25, 0.3) is 0 Å². The number of thiol groups is 1. The Morgan fingerprint density at radius 2 is 1.48 bits per heavy atom. The van der Waals surface area contributed by atoms with Crippen LogP contribution in [0.3, 0.4) is 0 Å². The molecule has 4 bridgehead atoms. The molecule has 0 radical (unpaired) electrons. The summed E-state index contributed by atoms with van der Waals surface area (Å²) >= 11 is 4.82. The van der Waals surface area contributed by atoms with E-state index in [0.29, 0.717) is 10.7 Å². The van der Waals surface area contributed by atoms with Crippen LogP contribution in [0.2, 0.25) is 0 Å². The van der Waals surface area contributed by atoms with Gasteiger partial charge >= 0.3 is 0 Å². The molecule has 4 unspecified atom stereocenters. The Labute approximate surface area is 147 Å². The highest BCUT2D eigenvalue weighted by atomic mass is 32.1. The van der Waals surface area contributed by atoms with Crippen LogP contribution in [0.4, 0.5) is 0 Å². The van der Waals surface area contributed by atoms with Crippen LogP contribution in [0.5, 0.6) is 0 Å². The van der Waals surface area contributed by atoms with Crippen LogP contribution in [0.15, 0.2) is 11.1 Å². The zero-order valence-corrected chi connectivity index (χ0v) is 15.5. The summed E-state index contributed by atoms with van der Waals surface area (Å²) in [6.45, 7) is 2.76. The first kappa shape index (κ1) is 14.3. The molecule has 0 N–H and O–H groups in total. The van der Waals surface area contributed by atoms with Gasteiger partial charge < -0.3 is 0 Å². The Morgan fingerprint density at radius 3 is 1.91 bits per heavy atom. The SMILES string of the molecule is CC1(C2CCC2C(=C2CC2)C2CC2S)C2CC3CC(C2)CC1C3. The maximum absolute atomic E-state index is 4.82. The summed E-state index contributed by atoms with van der Waals surface area (Å²) < 4.78 is 0. The maximum Gasteiger partial charge on any atom is 0.00890 e. The molecular weight excluding hydrogens is 296 g/mol. The zero-order chi connectivity index (χ0) is 15.3. The summed E-state index contributed by atoms with van der Waals surface area (Å²) in [5, 5.41) is 0.714. The van der Waals surface area contributed by atoms with Gasteiger partial charge in [-0.1, -0.05) is 18.1 Å². The number of hydrogen-bond acceptors (Lipinski definition) is 1. The molecule has 7 saturated carbocycles. The van der Waals surface area contributed by atoms with Crippen molar-refractivity contribution in [3.8, 4) is 0 Å². The molecule has 23 heavy (non-hydrogen) atoms. The van der Waals surface area contributed by atoms with E-state index in [1.165, 1.54) is 25.7 Å². The lowest BCUT2D eigenvalue weighted by Gasteiger charge is -2.66. The molecular formula is C22H32S. The van der Waals surface area contributed by atoms with Crippen molar-refractivity contribution in [3.63, 3.8) is 0 Å². The normalized spacial score (nSPS) is 59.0. The van der Waals surface area contributed by atoms with E-state index < -0.39 is 0 Å². The van der Waals surface area contributed by atoms with E-state index in [2.05, 4.69) is 6.92 Å². The quantitative estimate of drug-likeness (QED) is 0.485. The first-order valence-corrected chi connectivity index (χ1v) is 11.1. The summed E-state index contributed by atoms with van der Waals surface area (Å²) in [6.07, 6.45) is 15.3. The molecule has 7 aliphatic rings. The predicted molar refractivity (Wildman–Crippen MR) is 98.5 cm³/mol. The third kappa shape index (κ3) is 1.92. The Morgan fingerprint density at radius 1 is 0.870 bits per heavy atom. The van der Waals surface area contributed by atoms with Gasteiger partial charge in [-0.3, -0.25) is 0 Å². The largest absolute Gasteiger partial charge is 0.175 e. The molecule has 0 aromatic carbocycles. The molecule has 4 atom stereocenters. The van der Waals surface area contributed by atoms with Gasteiger partial charge in [0, 0.05) is 5.25 Å². The smallest absolute Gasteiger partial charge is 0.00890 e. The number of allylic oxidation sites excluding steroid dienone is 2. The highest BCUT2D eigenvalue weighted by molar-refractivity contribution is 7.81. The minimum Gasteiger partial charge on any atom is -0.175 e. The maximum atomic E-state index is 4.82. The van der Waals surface area contributed by atoms with Crippen LogP contribution in [-0.4, -0.2) is 5.25 Å². The predicted octanol–water partition coefficient (Wildman–Crippen LogP) is 5.88. The van der Waals surface area contributed by atoms with E-state index in [-0.39, 0.29) is 0 Å². The van der Waals surface area contributed by atoms with Gasteiger partial charge in [0.15, 0.2) is 0 Å². The third-order valence-corrected chi connectivity index (χ3v) is 10.0. The second kappa shape index (κ2) is 4.63. The minimum absolute atomic E-state index is 0.706. The van der Waals surface area contributed by atoms with Crippen molar-refractivity contribution in [1.29, 1.82) is 0 Å². The molecule has 7 aliphatic carbocycles. The molecule has 0 heterocycles. The first-order chi connectivity index (χ1) is 11.1. The molecule has 0 aliphatic heterocycles. The Balaban J connectivity index is 1.32. The standard InChI is InChI=1S/C22H32S/c1-22(15-7-12-6-13(9-15)10-16(22)8-12)19-5-4-17(19)21(14-2-3-14)18-11-20(18)23/h12-13,15-20,23H,2-11H2,1H3. The van der Waals surface area contributed by atoms with Crippen molar-refractivity contribution >= 4 is 12.6 Å². The van der Waals surface area contributed by atoms with Gasteiger partial charge in [-0.25, -0.2) is 0 Å². The molecule has 0 saturated heterocycles. The van der Waals surface area contributed by atoms with Gasteiger partial charge in [0.2, 0.25) is 0 Å². The molecule has 1 heteroatoms. The molecule has 7 fully saturated rings. The van der Waals surface area contributed by atoms with Crippen LogP contribution in [-0.2, 0) is 0 Å². The molecule has 0 aromatic rings. The molecule has 126 valence electrons. The highest BCUT2D eigenvalue weighted by Crippen LogP contribution is 2.70. The number of hydrogen-bond donors (Lipinski definition) is 1. The average molecular weight is 329 g/mol. The van der Waals surface area contributed by atoms with Crippen LogP contribution in [0.1, 0.15) is 71.1 Å². The Kier molecular flexibility index (Phi) is 2.87. The van der Waals surface area contributed by atoms with E-state index in [0.717, 1.165) is 41.4 Å². The lowest BCUT2D eigenvalue weighted by molar-refractivity contribution is -0.158. The van der Waals surface area contributed by atoms with Crippen molar-refractivity contribution in [1.82, 2.24) is 0 Å². The van der Waals surface area contributed by atoms with E-state index in [4.69, 9.17) is 12.6 Å². The topological polar surface area (TPSA) is 0 Å². The van der Waals surface area contributed by atoms with Crippen molar-refractivity contribution in [2.75, 3.05) is 0 Å². The summed E-state index contributed by atoms with van der Waals surface area (Å²) in [4.78, 5) is 0. The molecule has 0 nitrogen and oxygen atoms in total. The van der Waals surface area contributed by atoms with E-state index in [9.17, 15) is 0 Å². The first-order valence-electron chi connectivity index (χ1n) is 10.5. The van der Waals surface area contributed by atoms with E-state index >= 15 is 0 Å². The molecule has 0 amide bonds.